The van der Waals surface area contributed by atoms with Gasteiger partial charge in [-0.15, -0.1) is 0 Å². The molecule has 1 heterocycles. The summed E-state index contributed by atoms with van der Waals surface area (Å²) >= 11 is 0. The van der Waals surface area contributed by atoms with Crippen molar-refractivity contribution in [3.63, 3.8) is 0 Å². The van der Waals surface area contributed by atoms with Crippen molar-refractivity contribution in [2.75, 3.05) is 5.32 Å². The topological polar surface area (TPSA) is 40.7 Å². The van der Waals surface area contributed by atoms with Gasteiger partial charge in [-0.25, -0.2) is 0 Å². The van der Waals surface area contributed by atoms with Crippen LogP contribution in [-0.2, 0) is 0 Å². The van der Waals surface area contributed by atoms with Crippen LogP contribution >= 0.6 is 0 Å². The quantitative estimate of drug-likeness (QED) is 0.786. The average Bonchev–Trinajstić information content (AvgIpc) is 2.76. The van der Waals surface area contributed by atoms with E-state index >= 15 is 0 Å². The minimum Gasteiger partial charge on any atom is -0.382 e. The van der Waals surface area contributed by atoms with Crippen molar-refractivity contribution >= 4 is 16.6 Å². The Morgan fingerprint density at radius 1 is 1.26 bits per heavy atom. The fraction of sp³-hybridized carbons (Fsp3) is 0.562. The molecule has 1 unspecified atom stereocenters. The highest BCUT2D eigenvalue weighted by molar-refractivity contribution is 5.81. The maximum absolute atomic E-state index is 4.07. The lowest BCUT2D eigenvalue weighted by Crippen LogP contribution is -2.19. The number of aromatic amines is 1. The molecule has 1 aromatic heterocycles. The normalized spacial score (nSPS) is 23.2. The van der Waals surface area contributed by atoms with Gasteiger partial charge in [0.05, 0.1) is 11.7 Å². The Bertz CT molecular complexity index is 556. The van der Waals surface area contributed by atoms with Gasteiger partial charge in [0, 0.05) is 17.1 Å². The van der Waals surface area contributed by atoms with Gasteiger partial charge >= 0.3 is 0 Å². The van der Waals surface area contributed by atoms with Crippen molar-refractivity contribution in [2.24, 2.45) is 5.41 Å². The van der Waals surface area contributed by atoms with E-state index in [4.69, 9.17) is 0 Å². The molecule has 1 atom stereocenters. The molecule has 2 aromatic rings. The molecule has 2 N–H and O–H groups in total. The maximum atomic E-state index is 4.07. The molecule has 1 saturated carbocycles. The number of fused-ring (bicyclic) bond motifs is 1. The van der Waals surface area contributed by atoms with Gasteiger partial charge in [0.2, 0.25) is 0 Å². The standard InChI is InChI=1S/C16H23N3/c1-16(2)8-3-4-13(7-9-16)18-14-5-6-15-12(10-14)11-17-19-15/h5-6,10-11,13,18H,3-4,7-9H2,1-2H3,(H,17,19). The maximum Gasteiger partial charge on any atom is 0.0651 e. The van der Waals surface area contributed by atoms with E-state index < -0.39 is 0 Å². The van der Waals surface area contributed by atoms with Crippen LogP contribution in [0.25, 0.3) is 10.9 Å². The Labute approximate surface area is 114 Å². The first-order chi connectivity index (χ1) is 9.12. The first-order valence-corrected chi connectivity index (χ1v) is 7.32. The van der Waals surface area contributed by atoms with Crippen molar-refractivity contribution in [1.82, 2.24) is 10.2 Å². The summed E-state index contributed by atoms with van der Waals surface area (Å²) in [5.74, 6) is 0. The predicted molar refractivity (Wildman–Crippen MR) is 80.4 cm³/mol. The minimum absolute atomic E-state index is 0.519. The van der Waals surface area contributed by atoms with E-state index in [0.29, 0.717) is 11.5 Å². The average molecular weight is 257 g/mol. The number of H-pyrrole nitrogens is 1. The van der Waals surface area contributed by atoms with E-state index in [1.54, 1.807) is 0 Å². The molecule has 102 valence electrons. The first-order valence-electron chi connectivity index (χ1n) is 7.32. The third-order valence-corrected chi connectivity index (χ3v) is 4.39. The number of hydrogen-bond donors (Lipinski definition) is 2. The monoisotopic (exact) mass is 257 g/mol. The highest BCUT2D eigenvalue weighted by Crippen LogP contribution is 2.34. The Balaban J connectivity index is 1.70. The van der Waals surface area contributed by atoms with Crippen LogP contribution in [0.5, 0.6) is 0 Å². The largest absolute Gasteiger partial charge is 0.382 e. The predicted octanol–water partition coefficient (Wildman–Crippen LogP) is 4.33. The summed E-state index contributed by atoms with van der Waals surface area (Å²) in [4.78, 5) is 0. The SMILES string of the molecule is CC1(C)CCCC(Nc2ccc3[nH]ncc3c2)CC1. The van der Waals surface area contributed by atoms with E-state index in [2.05, 4.69) is 47.6 Å². The second-order valence-electron chi connectivity index (χ2n) is 6.61. The summed E-state index contributed by atoms with van der Waals surface area (Å²) in [7, 11) is 0. The van der Waals surface area contributed by atoms with Gasteiger partial charge < -0.3 is 5.32 Å². The van der Waals surface area contributed by atoms with E-state index in [1.807, 2.05) is 6.20 Å². The second-order valence-corrected chi connectivity index (χ2v) is 6.61. The van der Waals surface area contributed by atoms with Crippen LogP contribution < -0.4 is 5.32 Å². The molecule has 0 amide bonds. The van der Waals surface area contributed by atoms with Crippen LogP contribution in [0.3, 0.4) is 0 Å². The number of nitrogens with one attached hydrogen (secondary N) is 2. The zero-order valence-corrected chi connectivity index (χ0v) is 11.9. The van der Waals surface area contributed by atoms with Gasteiger partial charge in [0.25, 0.3) is 0 Å². The number of nitrogens with zero attached hydrogens (tertiary/aromatic N) is 1. The zero-order valence-electron chi connectivity index (χ0n) is 11.9. The van der Waals surface area contributed by atoms with Gasteiger partial charge in [0.15, 0.2) is 0 Å². The van der Waals surface area contributed by atoms with Crippen molar-refractivity contribution in [3.05, 3.63) is 24.4 Å². The third kappa shape index (κ3) is 2.91. The molecule has 3 rings (SSSR count). The number of aromatic nitrogens is 2. The highest BCUT2D eigenvalue weighted by Gasteiger charge is 2.24. The van der Waals surface area contributed by atoms with Crippen LogP contribution in [0.4, 0.5) is 5.69 Å². The molecule has 0 radical (unpaired) electrons. The van der Waals surface area contributed by atoms with Gasteiger partial charge in [0.1, 0.15) is 0 Å². The number of benzene rings is 1. The summed E-state index contributed by atoms with van der Waals surface area (Å²) in [6, 6.07) is 7.06. The summed E-state index contributed by atoms with van der Waals surface area (Å²) in [6.45, 7) is 4.79. The molecule has 0 saturated heterocycles. The summed E-state index contributed by atoms with van der Waals surface area (Å²) in [5, 5.41) is 11.9. The van der Waals surface area contributed by atoms with Gasteiger partial charge in [-0.3, -0.25) is 5.10 Å². The Morgan fingerprint density at radius 3 is 3.05 bits per heavy atom. The van der Waals surface area contributed by atoms with Crippen molar-refractivity contribution in [2.45, 2.75) is 52.0 Å². The van der Waals surface area contributed by atoms with Crippen molar-refractivity contribution in [1.29, 1.82) is 0 Å². The number of anilines is 1. The lowest BCUT2D eigenvalue weighted by Gasteiger charge is -2.22. The molecule has 1 aliphatic rings. The highest BCUT2D eigenvalue weighted by atomic mass is 15.1. The van der Waals surface area contributed by atoms with Gasteiger partial charge in [-0.05, 0) is 49.3 Å². The van der Waals surface area contributed by atoms with E-state index in [1.165, 1.54) is 43.2 Å². The Morgan fingerprint density at radius 2 is 2.16 bits per heavy atom. The molecule has 1 aromatic carbocycles. The molecule has 1 fully saturated rings. The third-order valence-electron chi connectivity index (χ3n) is 4.39. The van der Waals surface area contributed by atoms with Crippen LogP contribution in [0.2, 0.25) is 0 Å². The number of hydrogen-bond acceptors (Lipinski definition) is 2. The molecule has 1 aliphatic carbocycles. The van der Waals surface area contributed by atoms with E-state index in [0.717, 1.165) is 5.52 Å². The van der Waals surface area contributed by atoms with Crippen molar-refractivity contribution in [3.8, 4) is 0 Å². The molecular weight excluding hydrogens is 234 g/mol. The molecule has 3 nitrogen and oxygen atoms in total. The number of rotatable bonds is 2. The second kappa shape index (κ2) is 4.87. The van der Waals surface area contributed by atoms with Crippen molar-refractivity contribution < 1.29 is 0 Å². The zero-order chi connectivity index (χ0) is 13.3. The lowest BCUT2D eigenvalue weighted by molar-refractivity contribution is 0.313. The smallest absolute Gasteiger partial charge is 0.0651 e. The molecule has 0 bridgehead atoms. The summed E-state index contributed by atoms with van der Waals surface area (Å²) < 4.78 is 0. The fourth-order valence-corrected chi connectivity index (χ4v) is 3.07. The summed E-state index contributed by atoms with van der Waals surface area (Å²) in [6.07, 6.45) is 8.45. The molecule has 19 heavy (non-hydrogen) atoms. The Hall–Kier alpha value is -1.51. The van der Waals surface area contributed by atoms with E-state index in [9.17, 15) is 0 Å². The van der Waals surface area contributed by atoms with Gasteiger partial charge in [-0.1, -0.05) is 20.3 Å². The van der Waals surface area contributed by atoms with E-state index in [-0.39, 0.29) is 0 Å². The van der Waals surface area contributed by atoms with Gasteiger partial charge in [-0.2, -0.15) is 5.10 Å². The van der Waals surface area contributed by atoms with Crippen LogP contribution in [-0.4, -0.2) is 16.2 Å². The first kappa shape index (κ1) is 12.5. The molecule has 0 aliphatic heterocycles. The molecule has 3 heteroatoms. The van der Waals surface area contributed by atoms with Crippen LogP contribution in [0.1, 0.15) is 46.0 Å². The van der Waals surface area contributed by atoms with Crippen LogP contribution in [0.15, 0.2) is 24.4 Å². The van der Waals surface area contributed by atoms with Crippen LogP contribution in [0, 0.1) is 5.41 Å². The lowest BCUT2D eigenvalue weighted by atomic mass is 9.85. The summed E-state index contributed by atoms with van der Waals surface area (Å²) in [5.41, 5.74) is 2.84. The molecular formula is C16H23N3. The minimum atomic E-state index is 0.519. The Kier molecular flexibility index (Phi) is 3.21. The fourth-order valence-electron chi connectivity index (χ4n) is 3.07. The molecule has 0 spiro atoms.